The van der Waals surface area contributed by atoms with Crippen LogP contribution in [0.2, 0.25) is 0 Å². The minimum atomic E-state index is -0.192. The van der Waals surface area contributed by atoms with Gasteiger partial charge < -0.3 is 9.40 Å². The monoisotopic (exact) mass is 252 g/mol. The lowest BCUT2D eigenvalue weighted by atomic mass is 10.1. The third kappa shape index (κ3) is 1.97. The van der Waals surface area contributed by atoms with Crippen LogP contribution in [-0.2, 0) is 0 Å². The first-order chi connectivity index (χ1) is 9.31. The van der Waals surface area contributed by atoms with Crippen molar-refractivity contribution in [2.45, 2.75) is 19.3 Å². The zero-order valence-corrected chi connectivity index (χ0v) is 10.4. The summed E-state index contributed by atoms with van der Waals surface area (Å²) in [5.74, 6) is 0.514. The molecule has 5 heteroatoms. The molecule has 19 heavy (non-hydrogen) atoms. The number of nitriles is 1. The zero-order valence-electron chi connectivity index (χ0n) is 10.4. The number of rotatable bonds is 3. The van der Waals surface area contributed by atoms with Gasteiger partial charge in [-0.25, -0.2) is 9.97 Å². The van der Waals surface area contributed by atoms with Crippen LogP contribution in [-0.4, -0.2) is 15.0 Å². The van der Waals surface area contributed by atoms with E-state index in [-0.39, 0.29) is 5.92 Å². The Bertz CT molecular complexity index is 750. The van der Waals surface area contributed by atoms with E-state index in [0.717, 1.165) is 28.8 Å². The van der Waals surface area contributed by atoms with Crippen LogP contribution in [0.3, 0.4) is 0 Å². The number of nitrogens with zero attached hydrogens (tertiary/aromatic N) is 3. The maximum Gasteiger partial charge on any atom is 0.181 e. The quantitative estimate of drug-likeness (QED) is 0.776. The molecule has 0 saturated heterocycles. The fourth-order valence-electron chi connectivity index (χ4n) is 2.03. The van der Waals surface area contributed by atoms with E-state index in [1.165, 1.54) is 6.39 Å². The fraction of sp³-hybridized carbons (Fsp3) is 0.214. The molecule has 0 aliphatic heterocycles. The van der Waals surface area contributed by atoms with Crippen LogP contribution in [0.1, 0.15) is 25.1 Å². The topological polar surface area (TPSA) is 78.5 Å². The van der Waals surface area contributed by atoms with Crippen molar-refractivity contribution in [3.8, 4) is 17.3 Å². The molecule has 0 aliphatic rings. The average molecular weight is 252 g/mol. The molecule has 0 bridgehead atoms. The summed E-state index contributed by atoms with van der Waals surface area (Å²) in [5, 5.41) is 9.04. The molecule has 1 atom stereocenters. The first kappa shape index (κ1) is 11.5. The highest BCUT2D eigenvalue weighted by atomic mass is 16.3. The lowest BCUT2D eigenvalue weighted by molar-refractivity contribution is 0.602. The molecule has 3 aromatic rings. The number of aromatic nitrogens is 3. The molecule has 2 heterocycles. The van der Waals surface area contributed by atoms with Gasteiger partial charge in [0.25, 0.3) is 0 Å². The molecule has 5 nitrogen and oxygen atoms in total. The second kappa shape index (κ2) is 4.58. The largest absolute Gasteiger partial charge is 0.443 e. The first-order valence-corrected chi connectivity index (χ1v) is 6.10. The molecule has 0 saturated carbocycles. The third-order valence-corrected chi connectivity index (χ3v) is 3.13. The SMILES string of the molecule is CCC(C#N)c1ncc(-c2ccc3ncoc3c2)[nH]1. The minimum Gasteiger partial charge on any atom is -0.443 e. The Morgan fingerprint density at radius 1 is 1.42 bits per heavy atom. The summed E-state index contributed by atoms with van der Waals surface area (Å²) in [7, 11) is 0. The number of hydrogen-bond donors (Lipinski definition) is 1. The van der Waals surface area contributed by atoms with E-state index in [9.17, 15) is 0 Å². The van der Waals surface area contributed by atoms with Gasteiger partial charge in [0.2, 0.25) is 0 Å². The van der Waals surface area contributed by atoms with E-state index in [2.05, 4.69) is 21.0 Å². The van der Waals surface area contributed by atoms with Crippen LogP contribution in [0.25, 0.3) is 22.4 Å². The minimum absolute atomic E-state index is 0.192. The van der Waals surface area contributed by atoms with Crippen molar-refractivity contribution in [1.29, 1.82) is 5.26 Å². The van der Waals surface area contributed by atoms with Gasteiger partial charge in [0.15, 0.2) is 12.0 Å². The van der Waals surface area contributed by atoms with Crippen molar-refractivity contribution < 1.29 is 4.42 Å². The van der Waals surface area contributed by atoms with Crippen molar-refractivity contribution in [2.24, 2.45) is 0 Å². The van der Waals surface area contributed by atoms with Gasteiger partial charge in [0.1, 0.15) is 17.3 Å². The molecule has 0 spiro atoms. The summed E-state index contributed by atoms with van der Waals surface area (Å²) >= 11 is 0. The Balaban J connectivity index is 2.00. The van der Waals surface area contributed by atoms with Crippen LogP contribution in [0.15, 0.2) is 35.2 Å². The molecule has 0 aliphatic carbocycles. The van der Waals surface area contributed by atoms with E-state index in [4.69, 9.17) is 9.68 Å². The maximum absolute atomic E-state index is 9.04. The second-order valence-electron chi connectivity index (χ2n) is 4.31. The molecule has 0 radical (unpaired) electrons. The lowest BCUT2D eigenvalue weighted by Crippen LogP contribution is -1.95. The standard InChI is InChI=1S/C14H12N4O/c1-2-9(6-15)14-16-7-12(18-14)10-3-4-11-13(5-10)19-8-17-11/h3-5,7-9H,2H2,1H3,(H,16,18). The maximum atomic E-state index is 9.04. The summed E-state index contributed by atoms with van der Waals surface area (Å²) in [6, 6.07) is 8.00. The number of H-pyrrole nitrogens is 1. The van der Waals surface area contributed by atoms with Crippen LogP contribution in [0, 0.1) is 11.3 Å². The third-order valence-electron chi connectivity index (χ3n) is 3.13. The van der Waals surface area contributed by atoms with Crippen LogP contribution < -0.4 is 0 Å². The van der Waals surface area contributed by atoms with E-state index in [0.29, 0.717) is 5.82 Å². The zero-order chi connectivity index (χ0) is 13.2. The van der Waals surface area contributed by atoms with Crippen molar-refractivity contribution in [1.82, 2.24) is 15.0 Å². The van der Waals surface area contributed by atoms with Gasteiger partial charge in [-0.15, -0.1) is 0 Å². The van der Waals surface area contributed by atoms with Crippen LogP contribution in [0.5, 0.6) is 0 Å². The predicted octanol–water partition coefficient (Wildman–Crippen LogP) is 3.24. The van der Waals surface area contributed by atoms with Crippen molar-refractivity contribution in [2.75, 3.05) is 0 Å². The van der Waals surface area contributed by atoms with E-state index in [1.54, 1.807) is 6.20 Å². The number of oxazole rings is 1. The van der Waals surface area contributed by atoms with E-state index < -0.39 is 0 Å². The van der Waals surface area contributed by atoms with Gasteiger partial charge >= 0.3 is 0 Å². The Kier molecular flexibility index (Phi) is 2.76. The molecule has 0 amide bonds. The molecule has 3 rings (SSSR count). The highest BCUT2D eigenvalue weighted by Gasteiger charge is 2.13. The summed E-state index contributed by atoms with van der Waals surface area (Å²) in [5.41, 5.74) is 3.41. The Morgan fingerprint density at radius 3 is 3.11 bits per heavy atom. The van der Waals surface area contributed by atoms with E-state index >= 15 is 0 Å². The van der Waals surface area contributed by atoms with Crippen molar-refractivity contribution >= 4 is 11.1 Å². The van der Waals surface area contributed by atoms with E-state index in [1.807, 2.05) is 25.1 Å². The van der Waals surface area contributed by atoms with Gasteiger partial charge in [-0.1, -0.05) is 13.0 Å². The number of imidazole rings is 1. The molecule has 1 unspecified atom stereocenters. The van der Waals surface area contributed by atoms with Gasteiger partial charge in [0, 0.05) is 5.56 Å². The number of fused-ring (bicyclic) bond motifs is 1. The number of benzene rings is 1. The van der Waals surface area contributed by atoms with Crippen molar-refractivity contribution in [3.05, 3.63) is 36.6 Å². The average Bonchev–Trinajstić information content (AvgIpc) is 3.08. The Hall–Kier alpha value is -2.61. The van der Waals surface area contributed by atoms with Crippen LogP contribution >= 0.6 is 0 Å². The molecule has 1 N–H and O–H groups in total. The van der Waals surface area contributed by atoms with Crippen LogP contribution in [0.4, 0.5) is 0 Å². The van der Waals surface area contributed by atoms with Crippen molar-refractivity contribution in [3.63, 3.8) is 0 Å². The van der Waals surface area contributed by atoms with Gasteiger partial charge in [0.05, 0.1) is 18.0 Å². The summed E-state index contributed by atoms with van der Waals surface area (Å²) < 4.78 is 5.28. The highest BCUT2D eigenvalue weighted by molar-refractivity contribution is 5.78. The summed E-state index contributed by atoms with van der Waals surface area (Å²) in [6.45, 7) is 1.97. The Labute approximate surface area is 109 Å². The number of aromatic amines is 1. The van der Waals surface area contributed by atoms with Gasteiger partial charge in [-0.3, -0.25) is 0 Å². The summed E-state index contributed by atoms with van der Waals surface area (Å²) in [6.07, 6.45) is 3.91. The van der Waals surface area contributed by atoms with Gasteiger partial charge in [-0.05, 0) is 18.6 Å². The predicted molar refractivity (Wildman–Crippen MR) is 70.2 cm³/mol. The molecule has 94 valence electrons. The molecule has 2 aromatic heterocycles. The molecular weight excluding hydrogens is 240 g/mol. The second-order valence-corrected chi connectivity index (χ2v) is 4.31. The summed E-state index contributed by atoms with van der Waals surface area (Å²) in [4.78, 5) is 11.5. The molecule has 1 aromatic carbocycles. The fourth-order valence-corrected chi connectivity index (χ4v) is 2.03. The smallest absolute Gasteiger partial charge is 0.181 e. The number of hydrogen-bond acceptors (Lipinski definition) is 4. The number of nitrogens with one attached hydrogen (secondary N) is 1. The van der Waals surface area contributed by atoms with Gasteiger partial charge in [-0.2, -0.15) is 5.26 Å². The Morgan fingerprint density at radius 2 is 2.32 bits per heavy atom. The first-order valence-electron chi connectivity index (χ1n) is 6.10. The normalized spacial score (nSPS) is 12.4. The molecule has 0 fully saturated rings. The highest BCUT2D eigenvalue weighted by Crippen LogP contribution is 2.24. The lowest BCUT2D eigenvalue weighted by Gasteiger charge is -2.01. The molecular formula is C14H12N4O.